The Bertz CT molecular complexity index is 638. The highest BCUT2D eigenvalue weighted by molar-refractivity contribution is 7.80. The van der Waals surface area contributed by atoms with Gasteiger partial charge in [0.25, 0.3) is 0 Å². The lowest BCUT2D eigenvalue weighted by Crippen LogP contribution is -2.10. The van der Waals surface area contributed by atoms with Gasteiger partial charge in [-0.25, -0.2) is 4.98 Å². The van der Waals surface area contributed by atoms with Crippen molar-refractivity contribution in [3.8, 4) is 11.6 Å². The van der Waals surface area contributed by atoms with E-state index in [-0.39, 0.29) is 0 Å². The van der Waals surface area contributed by atoms with Crippen molar-refractivity contribution in [2.45, 2.75) is 20.8 Å². The van der Waals surface area contributed by atoms with Crippen molar-refractivity contribution in [1.82, 2.24) is 4.98 Å². The largest absolute Gasteiger partial charge is 0.439 e. The highest BCUT2D eigenvalue weighted by Gasteiger charge is 2.06. The Morgan fingerprint density at radius 3 is 2.53 bits per heavy atom. The Labute approximate surface area is 118 Å². The fourth-order valence-electron chi connectivity index (χ4n) is 1.86. The molecule has 1 aromatic heterocycles. The molecule has 2 N–H and O–H groups in total. The Morgan fingerprint density at radius 2 is 1.89 bits per heavy atom. The predicted molar refractivity (Wildman–Crippen MR) is 80.9 cm³/mol. The minimum atomic E-state index is 0.343. The number of hydrogen-bond donors (Lipinski definition) is 1. The number of thiocarbonyl (C=S) groups is 1. The summed E-state index contributed by atoms with van der Waals surface area (Å²) in [6, 6.07) is 9.62. The zero-order valence-electron chi connectivity index (χ0n) is 11.2. The molecule has 0 saturated heterocycles. The van der Waals surface area contributed by atoms with Gasteiger partial charge < -0.3 is 10.5 Å². The monoisotopic (exact) mass is 272 g/mol. The first-order valence-electron chi connectivity index (χ1n) is 5.99. The second kappa shape index (κ2) is 5.36. The lowest BCUT2D eigenvalue weighted by Gasteiger charge is -2.10. The van der Waals surface area contributed by atoms with Crippen LogP contribution in [-0.4, -0.2) is 9.97 Å². The molecular formula is C15H16N2OS. The third-order valence-corrected chi connectivity index (χ3v) is 3.00. The zero-order chi connectivity index (χ0) is 14.0. The minimum absolute atomic E-state index is 0.343. The van der Waals surface area contributed by atoms with E-state index in [0.29, 0.717) is 10.9 Å². The lowest BCUT2D eigenvalue weighted by molar-refractivity contribution is 0.458. The molecule has 0 aliphatic heterocycles. The molecule has 3 nitrogen and oxygen atoms in total. The Kier molecular flexibility index (Phi) is 3.81. The van der Waals surface area contributed by atoms with Gasteiger partial charge in [0.2, 0.25) is 5.88 Å². The van der Waals surface area contributed by atoms with Gasteiger partial charge in [-0.3, -0.25) is 0 Å². The van der Waals surface area contributed by atoms with E-state index in [0.717, 1.165) is 22.6 Å². The summed E-state index contributed by atoms with van der Waals surface area (Å²) in [5.41, 5.74) is 9.50. The normalized spacial score (nSPS) is 10.3. The number of hydrogen-bond acceptors (Lipinski definition) is 3. The molecule has 2 aromatic rings. The Balaban J connectivity index is 2.35. The summed E-state index contributed by atoms with van der Waals surface area (Å²) in [6.07, 6.45) is 0. The molecule has 98 valence electrons. The second-order valence-electron chi connectivity index (χ2n) is 4.57. The fourth-order valence-corrected chi connectivity index (χ4v) is 1.98. The number of benzene rings is 1. The first-order chi connectivity index (χ1) is 8.95. The molecule has 0 radical (unpaired) electrons. The summed E-state index contributed by atoms with van der Waals surface area (Å²) in [7, 11) is 0. The molecular weight excluding hydrogens is 256 g/mol. The summed E-state index contributed by atoms with van der Waals surface area (Å²) in [6.45, 7) is 5.94. The van der Waals surface area contributed by atoms with E-state index in [1.807, 2.05) is 39.0 Å². The predicted octanol–water partition coefficient (Wildman–Crippen LogP) is 3.43. The minimum Gasteiger partial charge on any atom is -0.439 e. The summed E-state index contributed by atoms with van der Waals surface area (Å²) < 4.78 is 5.81. The van der Waals surface area contributed by atoms with Crippen LogP contribution in [0.15, 0.2) is 30.3 Å². The molecule has 0 atom stereocenters. The van der Waals surface area contributed by atoms with Gasteiger partial charge in [-0.15, -0.1) is 0 Å². The van der Waals surface area contributed by atoms with E-state index in [2.05, 4.69) is 11.1 Å². The van der Waals surface area contributed by atoms with Crippen molar-refractivity contribution < 1.29 is 4.74 Å². The summed E-state index contributed by atoms with van der Waals surface area (Å²) in [4.78, 5) is 4.68. The van der Waals surface area contributed by atoms with Crippen molar-refractivity contribution >= 4 is 17.2 Å². The van der Waals surface area contributed by atoms with Gasteiger partial charge in [0, 0.05) is 17.3 Å². The van der Waals surface area contributed by atoms with Crippen molar-refractivity contribution in [2.24, 2.45) is 5.73 Å². The Morgan fingerprint density at radius 1 is 1.16 bits per heavy atom. The maximum absolute atomic E-state index is 5.81. The molecule has 1 heterocycles. The number of rotatable bonds is 3. The van der Waals surface area contributed by atoms with Crippen LogP contribution in [-0.2, 0) is 0 Å². The third kappa shape index (κ3) is 3.29. The number of aryl methyl sites for hydroxylation is 3. The molecule has 0 bridgehead atoms. The first kappa shape index (κ1) is 13.5. The van der Waals surface area contributed by atoms with Gasteiger partial charge in [-0.05, 0) is 38.5 Å². The molecule has 1 aromatic carbocycles. The van der Waals surface area contributed by atoms with Crippen molar-refractivity contribution in [2.75, 3.05) is 0 Å². The summed E-state index contributed by atoms with van der Waals surface area (Å²) in [5.74, 6) is 1.30. The number of nitrogens with zero attached hydrogens (tertiary/aromatic N) is 1. The van der Waals surface area contributed by atoms with E-state index in [1.165, 1.54) is 5.56 Å². The molecule has 2 rings (SSSR count). The van der Waals surface area contributed by atoms with Gasteiger partial charge in [-0.1, -0.05) is 29.9 Å². The van der Waals surface area contributed by atoms with Crippen LogP contribution in [0.2, 0.25) is 0 Å². The van der Waals surface area contributed by atoms with Crippen LogP contribution < -0.4 is 10.5 Å². The smallest absolute Gasteiger partial charge is 0.220 e. The zero-order valence-corrected chi connectivity index (χ0v) is 12.0. The van der Waals surface area contributed by atoms with Crippen LogP contribution >= 0.6 is 12.2 Å². The van der Waals surface area contributed by atoms with Crippen LogP contribution in [0.3, 0.4) is 0 Å². The molecule has 0 unspecified atom stereocenters. The average Bonchev–Trinajstić information content (AvgIpc) is 2.32. The van der Waals surface area contributed by atoms with E-state index < -0.39 is 0 Å². The van der Waals surface area contributed by atoms with Crippen molar-refractivity contribution in [3.05, 3.63) is 52.7 Å². The average molecular weight is 272 g/mol. The van der Waals surface area contributed by atoms with Gasteiger partial charge in [0.1, 0.15) is 10.7 Å². The third-order valence-electron chi connectivity index (χ3n) is 2.76. The highest BCUT2D eigenvalue weighted by Crippen LogP contribution is 2.25. The number of aromatic nitrogens is 1. The number of pyridine rings is 1. The summed E-state index contributed by atoms with van der Waals surface area (Å²) in [5, 5.41) is 0. The standard InChI is InChI=1S/C15H16N2OS/c1-9-4-5-13(10(2)6-9)18-14-8-12(15(16)19)7-11(3)17-14/h4-8H,1-3H3,(H2,16,19). The number of nitrogens with two attached hydrogens (primary N) is 1. The van der Waals surface area contributed by atoms with E-state index >= 15 is 0 Å². The molecule has 0 fully saturated rings. The van der Waals surface area contributed by atoms with Gasteiger partial charge in [-0.2, -0.15) is 0 Å². The Hall–Kier alpha value is -1.94. The highest BCUT2D eigenvalue weighted by atomic mass is 32.1. The molecule has 0 amide bonds. The molecule has 19 heavy (non-hydrogen) atoms. The molecule has 0 spiro atoms. The van der Waals surface area contributed by atoms with Gasteiger partial charge in [0.05, 0.1) is 0 Å². The molecule has 4 heteroatoms. The second-order valence-corrected chi connectivity index (χ2v) is 5.01. The van der Waals surface area contributed by atoms with E-state index in [9.17, 15) is 0 Å². The van der Waals surface area contributed by atoms with Crippen LogP contribution in [0.5, 0.6) is 11.6 Å². The number of ether oxygens (including phenoxy) is 1. The maximum atomic E-state index is 5.81. The van der Waals surface area contributed by atoms with Crippen LogP contribution in [0.1, 0.15) is 22.4 Å². The molecule has 0 aliphatic rings. The van der Waals surface area contributed by atoms with E-state index in [4.69, 9.17) is 22.7 Å². The van der Waals surface area contributed by atoms with Crippen molar-refractivity contribution in [1.29, 1.82) is 0 Å². The first-order valence-corrected chi connectivity index (χ1v) is 6.40. The van der Waals surface area contributed by atoms with Crippen LogP contribution in [0, 0.1) is 20.8 Å². The summed E-state index contributed by atoms with van der Waals surface area (Å²) >= 11 is 4.98. The van der Waals surface area contributed by atoms with Crippen molar-refractivity contribution in [3.63, 3.8) is 0 Å². The molecule has 0 saturated carbocycles. The van der Waals surface area contributed by atoms with E-state index in [1.54, 1.807) is 6.07 Å². The quantitative estimate of drug-likeness (QED) is 0.870. The van der Waals surface area contributed by atoms with Gasteiger partial charge >= 0.3 is 0 Å². The lowest BCUT2D eigenvalue weighted by atomic mass is 10.1. The van der Waals surface area contributed by atoms with Crippen LogP contribution in [0.4, 0.5) is 0 Å². The topological polar surface area (TPSA) is 48.1 Å². The fraction of sp³-hybridized carbons (Fsp3) is 0.200. The van der Waals surface area contributed by atoms with Gasteiger partial charge in [0.15, 0.2) is 0 Å². The van der Waals surface area contributed by atoms with Crippen LogP contribution in [0.25, 0.3) is 0 Å². The molecule has 0 aliphatic carbocycles. The SMILES string of the molecule is Cc1ccc(Oc2cc(C(N)=S)cc(C)n2)c(C)c1. The maximum Gasteiger partial charge on any atom is 0.220 e.